The Morgan fingerprint density at radius 3 is 2.65 bits per heavy atom. The van der Waals surface area contributed by atoms with E-state index in [2.05, 4.69) is 40.5 Å². The quantitative estimate of drug-likeness (QED) is 0.204. The van der Waals surface area contributed by atoms with Crippen molar-refractivity contribution < 1.29 is 4.21 Å². The van der Waals surface area contributed by atoms with Crippen molar-refractivity contribution in [3.05, 3.63) is 72.0 Å². The van der Waals surface area contributed by atoms with Crippen molar-refractivity contribution in [2.24, 2.45) is 5.41 Å². The average molecular weight is 636 g/mol. The minimum absolute atomic E-state index is 0.00678. The highest BCUT2D eigenvalue weighted by Crippen LogP contribution is 2.49. The largest absolute Gasteiger partial charge is 0.355 e. The Morgan fingerprint density at radius 2 is 1.88 bits per heavy atom. The molecular weight excluding hydrogens is 604 g/mol. The third-order valence-electron chi connectivity index (χ3n) is 8.20. The lowest BCUT2D eigenvalue weighted by Gasteiger charge is -2.42. The molecule has 0 saturated carbocycles. The van der Waals surface area contributed by atoms with Gasteiger partial charge in [-0.25, -0.2) is 24.6 Å². The van der Waals surface area contributed by atoms with Crippen molar-refractivity contribution in [1.82, 2.24) is 44.2 Å². The Bertz CT molecular complexity index is 1810. The van der Waals surface area contributed by atoms with E-state index in [1.807, 2.05) is 57.4 Å². The minimum atomic E-state index is -1.60. The molecule has 0 aliphatic carbocycles. The molecule has 11 nitrogen and oxygen atoms in total. The summed E-state index contributed by atoms with van der Waals surface area (Å²) in [7, 11) is -1.60. The molecule has 0 aromatic carbocycles. The molecule has 1 fully saturated rings. The van der Waals surface area contributed by atoms with Crippen LogP contribution < -0.4 is 9.62 Å². The second-order valence-corrected chi connectivity index (χ2v) is 15.6. The highest BCUT2D eigenvalue weighted by molar-refractivity contribution is 7.99. The van der Waals surface area contributed by atoms with Crippen LogP contribution in [0.2, 0.25) is 5.02 Å². The average Bonchev–Trinajstić information content (AvgIpc) is 3.74. The van der Waals surface area contributed by atoms with Crippen molar-refractivity contribution in [3.8, 4) is 5.82 Å². The third kappa shape index (κ3) is 5.32. The Hall–Kier alpha value is -3.39. The topological polar surface area (TPSA) is 120 Å². The van der Waals surface area contributed by atoms with Gasteiger partial charge in [0.15, 0.2) is 11.5 Å². The molecule has 7 rings (SSSR count). The van der Waals surface area contributed by atoms with Gasteiger partial charge < -0.3 is 4.90 Å². The zero-order valence-electron chi connectivity index (χ0n) is 24.1. The maximum Gasteiger partial charge on any atom is 0.179 e. The van der Waals surface area contributed by atoms with Crippen LogP contribution in [-0.4, -0.2) is 57.3 Å². The molecule has 5 aromatic heterocycles. The van der Waals surface area contributed by atoms with Gasteiger partial charge in [-0.05, 0) is 63.9 Å². The molecule has 14 heteroatoms. The van der Waals surface area contributed by atoms with Gasteiger partial charge in [0.25, 0.3) is 0 Å². The highest BCUT2D eigenvalue weighted by atomic mass is 35.5. The van der Waals surface area contributed by atoms with Crippen LogP contribution in [0.15, 0.2) is 71.2 Å². The summed E-state index contributed by atoms with van der Waals surface area (Å²) in [5, 5.41) is 10.1. The molecule has 2 aliphatic heterocycles. The lowest BCUT2D eigenvalue weighted by molar-refractivity contribution is 0.161. The Balaban J connectivity index is 1.07. The summed E-state index contributed by atoms with van der Waals surface area (Å²) in [6, 6.07) is 9.64. The number of nitrogens with one attached hydrogen (secondary N) is 1. The first-order valence-corrected chi connectivity index (χ1v) is 16.6. The Kier molecular flexibility index (Phi) is 7.23. The molecule has 1 spiro atoms. The van der Waals surface area contributed by atoms with Crippen LogP contribution in [0.3, 0.4) is 0 Å². The minimum Gasteiger partial charge on any atom is -0.355 e. The summed E-state index contributed by atoms with van der Waals surface area (Å²) in [6.45, 7) is 8.53. The van der Waals surface area contributed by atoms with Crippen LogP contribution in [0.4, 0.5) is 5.82 Å². The molecule has 43 heavy (non-hydrogen) atoms. The first-order chi connectivity index (χ1) is 20.7. The van der Waals surface area contributed by atoms with Crippen molar-refractivity contribution in [1.29, 1.82) is 0 Å². The van der Waals surface area contributed by atoms with Crippen molar-refractivity contribution in [3.63, 3.8) is 0 Å². The molecule has 0 amide bonds. The first-order valence-electron chi connectivity index (χ1n) is 14.2. The second kappa shape index (κ2) is 11.0. The van der Waals surface area contributed by atoms with E-state index < -0.39 is 11.0 Å². The first kappa shape index (κ1) is 28.4. The van der Waals surface area contributed by atoms with Gasteiger partial charge in [-0.3, -0.25) is 4.68 Å². The molecule has 0 radical (unpaired) electrons. The maximum absolute atomic E-state index is 13.2. The Labute approximate surface area is 261 Å². The van der Waals surface area contributed by atoms with E-state index in [9.17, 15) is 4.21 Å². The molecule has 2 atom stereocenters. The van der Waals surface area contributed by atoms with Gasteiger partial charge in [0, 0.05) is 54.7 Å². The molecule has 1 N–H and O–H groups in total. The fourth-order valence-corrected chi connectivity index (χ4v) is 7.96. The molecule has 222 valence electrons. The molecule has 5 aromatic rings. The second-order valence-electron chi connectivity index (χ2n) is 12.0. The normalized spacial score (nSPS) is 18.8. The number of anilines is 1. The lowest BCUT2D eigenvalue weighted by Crippen LogP contribution is -2.48. The smallest absolute Gasteiger partial charge is 0.179 e. The monoisotopic (exact) mass is 635 g/mol. The fraction of sp³-hybridized carbons (Fsp3) is 0.379. The Morgan fingerprint density at radius 1 is 1.05 bits per heavy atom. The van der Waals surface area contributed by atoms with E-state index in [4.69, 9.17) is 21.6 Å². The predicted molar refractivity (Wildman–Crippen MR) is 169 cm³/mol. The summed E-state index contributed by atoms with van der Waals surface area (Å²) in [5.74, 6) is 1.41. The number of rotatable bonds is 6. The number of hydrogen-bond donors (Lipinski definition) is 1. The highest BCUT2D eigenvalue weighted by Gasteiger charge is 2.51. The molecule has 0 bridgehead atoms. The van der Waals surface area contributed by atoms with Crippen LogP contribution >= 0.6 is 23.4 Å². The van der Waals surface area contributed by atoms with E-state index in [-0.39, 0.29) is 16.2 Å². The molecular formula is C29H32ClN10OS2+. The summed E-state index contributed by atoms with van der Waals surface area (Å²) in [6.07, 6.45) is 10.7. The van der Waals surface area contributed by atoms with Crippen LogP contribution in [0.1, 0.15) is 45.3 Å². The molecule has 2 aliphatic rings. The van der Waals surface area contributed by atoms with E-state index in [0.717, 1.165) is 59.4 Å². The number of aromatic nitrogens is 8. The van der Waals surface area contributed by atoms with E-state index >= 15 is 0 Å². The van der Waals surface area contributed by atoms with E-state index in [1.165, 1.54) is 11.8 Å². The molecule has 1 unspecified atom stereocenters. The van der Waals surface area contributed by atoms with Crippen molar-refractivity contribution in [2.75, 3.05) is 18.0 Å². The SMILES string of the molecule is CC(C)(C)[SH+](=O)N[C@@H]1c2ccnn2CC12CCN(c1cnc3nc(Sc4ccnc(-n5cccn5)c4Cl)ccc3n1)CC2. The number of pyridine rings is 2. The zero-order valence-corrected chi connectivity index (χ0v) is 26.5. The van der Waals surface area contributed by atoms with Crippen LogP contribution in [0, 0.1) is 5.41 Å². The number of hydrogen-bond acceptors (Lipinski definition) is 9. The molecule has 7 heterocycles. The van der Waals surface area contributed by atoms with Gasteiger partial charge in [0.1, 0.15) is 38.1 Å². The maximum atomic E-state index is 13.2. The van der Waals surface area contributed by atoms with Crippen LogP contribution in [-0.2, 0) is 21.7 Å². The number of piperidine rings is 1. The number of fused-ring (bicyclic) bond motifs is 2. The summed E-state index contributed by atoms with van der Waals surface area (Å²) in [4.78, 5) is 21.8. The van der Waals surface area contributed by atoms with Gasteiger partial charge in [-0.1, -0.05) is 27.6 Å². The fourth-order valence-electron chi connectivity index (χ4n) is 5.81. The van der Waals surface area contributed by atoms with Crippen molar-refractivity contribution in [2.45, 2.75) is 60.9 Å². The summed E-state index contributed by atoms with van der Waals surface area (Å²) < 4.78 is 20.1. The van der Waals surface area contributed by atoms with Crippen LogP contribution in [0.25, 0.3) is 17.0 Å². The number of halogens is 1. The standard InChI is InChI=1S/C29H31ClN10OS2/c1-28(2,3)43(41)37-25-20-7-13-34-40(20)18-29(25)9-15-38(16-10-29)22-17-32-26-19(35-22)5-6-23(36-26)42-21-8-12-31-27(24(21)30)39-14-4-11-33-39/h4-8,11-14,17,25H,9-10,15-16,18H2,1-3H3,(H,37,41)/p+1/t25-,43?/m1/s1. The number of nitrogens with zero attached hydrogens (tertiary/aromatic N) is 9. The third-order valence-corrected chi connectivity index (χ3v) is 11.4. The summed E-state index contributed by atoms with van der Waals surface area (Å²) >= 11 is 8.11. The number of thiol groups is 1. The van der Waals surface area contributed by atoms with Gasteiger partial charge in [-0.2, -0.15) is 10.2 Å². The van der Waals surface area contributed by atoms with Gasteiger partial charge >= 0.3 is 0 Å². The van der Waals surface area contributed by atoms with E-state index in [0.29, 0.717) is 16.5 Å². The van der Waals surface area contributed by atoms with Gasteiger partial charge in [-0.15, -0.1) is 4.72 Å². The molecule has 1 saturated heterocycles. The summed E-state index contributed by atoms with van der Waals surface area (Å²) in [5.41, 5.74) is 2.40. The predicted octanol–water partition coefficient (Wildman–Crippen LogP) is 4.95. The lowest BCUT2D eigenvalue weighted by atomic mass is 9.73. The van der Waals surface area contributed by atoms with Crippen molar-refractivity contribution >= 4 is 51.3 Å². The zero-order chi connectivity index (χ0) is 29.8. The van der Waals surface area contributed by atoms with E-state index in [1.54, 1.807) is 23.3 Å². The van der Waals surface area contributed by atoms with Gasteiger partial charge in [0.2, 0.25) is 0 Å². The van der Waals surface area contributed by atoms with Crippen LogP contribution in [0.5, 0.6) is 0 Å². The van der Waals surface area contributed by atoms with Gasteiger partial charge in [0.05, 0.1) is 16.9 Å².